The molecule has 104 valence electrons. The van der Waals surface area contributed by atoms with Gasteiger partial charge in [-0.3, -0.25) is 9.59 Å². The molecular formula is C15H20O4. The molecule has 0 fully saturated rings. The number of carbonyl (C=O) groups is 2. The molecule has 0 aliphatic carbocycles. The zero-order chi connectivity index (χ0) is 14.6. The molecule has 0 aliphatic heterocycles. The van der Waals surface area contributed by atoms with Gasteiger partial charge in [0.05, 0.1) is 19.8 Å². The highest BCUT2D eigenvalue weighted by Crippen LogP contribution is 2.26. The van der Waals surface area contributed by atoms with Crippen LogP contribution in [0.3, 0.4) is 0 Å². The molecule has 0 amide bonds. The van der Waals surface area contributed by atoms with Gasteiger partial charge in [0.1, 0.15) is 11.7 Å². The normalized spacial score (nSPS) is 11.8. The molecular weight excluding hydrogens is 244 g/mol. The van der Waals surface area contributed by atoms with Crippen molar-refractivity contribution in [2.75, 3.05) is 14.2 Å². The van der Waals surface area contributed by atoms with Crippen LogP contribution in [0, 0.1) is 19.8 Å². The first kappa shape index (κ1) is 15.2. The summed E-state index contributed by atoms with van der Waals surface area (Å²) in [5, 5.41) is 0. The summed E-state index contributed by atoms with van der Waals surface area (Å²) < 4.78 is 9.91. The lowest BCUT2D eigenvalue weighted by molar-refractivity contribution is -0.143. The summed E-state index contributed by atoms with van der Waals surface area (Å²) in [4.78, 5) is 24.1. The number of rotatable bonds is 5. The van der Waals surface area contributed by atoms with Gasteiger partial charge in [-0.25, -0.2) is 0 Å². The topological polar surface area (TPSA) is 52.6 Å². The van der Waals surface area contributed by atoms with Crippen molar-refractivity contribution in [3.05, 3.63) is 28.8 Å². The van der Waals surface area contributed by atoms with Gasteiger partial charge in [0.2, 0.25) is 0 Å². The van der Waals surface area contributed by atoms with Crippen LogP contribution in [0.1, 0.15) is 34.8 Å². The number of hydrogen-bond acceptors (Lipinski definition) is 4. The summed E-state index contributed by atoms with van der Waals surface area (Å²) in [6.07, 6.45) is 0.404. The zero-order valence-electron chi connectivity index (χ0n) is 12.1. The Morgan fingerprint density at radius 1 is 1.16 bits per heavy atom. The van der Waals surface area contributed by atoms with Gasteiger partial charge < -0.3 is 9.47 Å². The van der Waals surface area contributed by atoms with Crippen molar-refractivity contribution in [1.29, 1.82) is 0 Å². The van der Waals surface area contributed by atoms with E-state index in [-0.39, 0.29) is 5.78 Å². The molecule has 19 heavy (non-hydrogen) atoms. The SMILES string of the molecule is CCC(C(=O)OC)C(=O)c1cc(C)c(C)cc1OC. The number of benzene rings is 1. The fourth-order valence-electron chi connectivity index (χ4n) is 1.94. The summed E-state index contributed by atoms with van der Waals surface area (Å²) in [6, 6.07) is 3.58. The van der Waals surface area contributed by atoms with Crippen LogP contribution in [0.5, 0.6) is 5.75 Å². The molecule has 1 atom stereocenters. The molecule has 0 saturated heterocycles. The second-order valence-electron chi connectivity index (χ2n) is 4.48. The highest BCUT2D eigenvalue weighted by molar-refractivity contribution is 6.10. The smallest absolute Gasteiger partial charge is 0.316 e. The predicted molar refractivity (Wildman–Crippen MR) is 72.6 cm³/mol. The molecule has 0 aliphatic rings. The van der Waals surface area contributed by atoms with Crippen molar-refractivity contribution in [3.8, 4) is 5.75 Å². The van der Waals surface area contributed by atoms with E-state index in [4.69, 9.17) is 4.74 Å². The monoisotopic (exact) mass is 264 g/mol. The van der Waals surface area contributed by atoms with Crippen molar-refractivity contribution < 1.29 is 19.1 Å². The van der Waals surface area contributed by atoms with E-state index in [9.17, 15) is 9.59 Å². The molecule has 0 aromatic heterocycles. The van der Waals surface area contributed by atoms with Gasteiger partial charge in [0, 0.05) is 0 Å². The molecule has 0 bridgehead atoms. The van der Waals surface area contributed by atoms with Crippen LogP contribution in [0.4, 0.5) is 0 Å². The number of carbonyl (C=O) groups excluding carboxylic acids is 2. The van der Waals surface area contributed by atoms with Gasteiger partial charge in [-0.1, -0.05) is 6.92 Å². The second kappa shape index (κ2) is 6.36. The highest BCUT2D eigenvalue weighted by Gasteiger charge is 2.29. The Balaban J connectivity index is 3.24. The van der Waals surface area contributed by atoms with Gasteiger partial charge in [0.25, 0.3) is 0 Å². The van der Waals surface area contributed by atoms with Crippen LogP contribution in [0.2, 0.25) is 0 Å². The fraction of sp³-hybridized carbons (Fsp3) is 0.467. The standard InChI is InChI=1S/C15H20O4/c1-6-11(15(17)19-5)14(16)12-7-9(2)10(3)8-13(12)18-4/h7-8,11H,6H2,1-5H3. The second-order valence-corrected chi connectivity index (χ2v) is 4.48. The zero-order valence-corrected chi connectivity index (χ0v) is 12.1. The third-order valence-electron chi connectivity index (χ3n) is 3.29. The van der Waals surface area contributed by atoms with Crippen molar-refractivity contribution in [2.24, 2.45) is 5.92 Å². The Morgan fingerprint density at radius 2 is 1.74 bits per heavy atom. The number of aryl methyl sites for hydroxylation is 2. The largest absolute Gasteiger partial charge is 0.496 e. The fourth-order valence-corrected chi connectivity index (χ4v) is 1.94. The van der Waals surface area contributed by atoms with Gasteiger partial charge in [-0.2, -0.15) is 0 Å². The summed E-state index contributed by atoms with van der Waals surface area (Å²) in [6.45, 7) is 5.65. The van der Waals surface area contributed by atoms with Gasteiger partial charge in [0.15, 0.2) is 5.78 Å². The van der Waals surface area contributed by atoms with Crippen LogP contribution < -0.4 is 4.74 Å². The molecule has 1 rings (SSSR count). The van der Waals surface area contributed by atoms with Crippen LogP contribution >= 0.6 is 0 Å². The molecule has 0 heterocycles. The van der Waals surface area contributed by atoms with Crippen molar-refractivity contribution >= 4 is 11.8 Å². The Morgan fingerprint density at radius 3 is 2.21 bits per heavy atom. The van der Waals surface area contributed by atoms with E-state index in [2.05, 4.69) is 4.74 Å². The number of Topliss-reactive ketones (excluding diaryl/α,β-unsaturated/α-hetero) is 1. The summed E-state index contributed by atoms with van der Waals surface area (Å²) in [5.74, 6) is -1.04. The van der Waals surface area contributed by atoms with E-state index < -0.39 is 11.9 Å². The van der Waals surface area contributed by atoms with Crippen LogP contribution in [0.15, 0.2) is 12.1 Å². The number of methoxy groups -OCH3 is 2. The first-order valence-corrected chi connectivity index (χ1v) is 6.23. The maximum absolute atomic E-state index is 12.4. The number of esters is 1. The molecule has 4 heteroatoms. The summed E-state index contributed by atoms with van der Waals surface area (Å²) in [5.41, 5.74) is 2.46. The van der Waals surface area contributed by atoms with Crippen LogP contribution in [0.25, 0.3) is 0 Å². The molecule has 4 nitrogen and oxygen atoms in total. The van der Waals surface area contributed by atoms with E-state index in [1.165, 1.54) is 14.2 Å². The van der Waals surface area contributed by atoms with E-state index in [1.807, 2.05) is 19.9 Å². The Hall–Kier alpha value is -1.84. The van der Waals surface area contributed by atoms with Crippen molar-refractivity contribution in [2.45, 2.75) is 27.2 Å². The average Bonchev–Trinajstić information content (AvgIpc) is 2.41. The minimum atomic E-state index is -0.777. The first-order chi connectivity index (χ1) is 8.96. The highest BCUT2D eigenvalue weighted by atomic mass is 16.5. The number of hydrogen-bond donors (Lipinski definition) is 0. The Bertz CT molecular complexity index is 491. The van der Waals surface area contributed by atoms with Crippen molar-refractivity contribution in [1.82, 2.24) is 0 Å². The average molecular weight is 264 g/mol. The molecule has 0 saturated carbocycles. The lowest BCUT2D eigenvalue weighted by atomic mass is 9.92. The van der Waals surface area contributed by atoms with E-state index in [0.29, 0.717) is 17.7 Å². The summed E-state index contributed by atoms with van der Waals surface area (Å²) in [7, 11) is 2.80. The third kappa shape index (κ3) is 3.13. The molecule has 1 unspecified atom stereocenters. The predicted octanol–water partition coefficient (Wildman–Crippen LogP) is 2.69. The van der Waals surface area contributed by atoms with Gasteiger partial charge >= 0.3 is 5.97 Å². The third-order valence-corrected chi connectivity index (χ3v) is 3.29. The molecule has 0 N–H and O–H groups in total. The lowest BCUT2D eigenvalue weighted by Crippen LogP contribution is -2.25. The minimum absolute atomic E-state index is 0.255. The van der Waals surface area contributed by atoms with E-state index >= 15 is 0 Å². The quantitative estimate of drug-likeness (QED) is 0.466. The summed E-state index contributed by atoms with van der Waals surface area (Å²) >= 11 is 0. The van der Waals surface area contributed by atoms with Crippen LogP contribution in [-0.4, -0.2) is 26.0 Å². The maximum atomic E-state index is 12.4. The first-order valence-electron chi connectivity index (χ1n) is 6.23. The van der Waals surface area contributed by atoms with E-state index in [0.717, 1.165) is 11.1 Å². The van der Waals surface area contributed by atoms with Crippen molar-refractivity contribution in [3.63, 3.8) is 0 Å². The van der Waals surface area contributed by atoms with E-state index in [1.54, 1.807) is 13.0 Å². The Labute approximate surface area is 113 Å². The molecule has 0 radical (unpaired) electrons. The maximum Gasteiger partial charge on any atom is 0.316 e. The van der Waals surface area contributed by atoms with Gasteiger partial charge in [-0.15, -0.1) is 0 Å². The number of ether oxygens (including phenoxy) is 2. The number of ketones is 1. The lowest BCUT2D eigenvalue weighted by Gasteiger charge is -2.15. The molecule has 1 aromatic rings. The minimum Gasteiger partial charge on any atom is -0.496 e. The van der Waals surface area contributed by atoms with Gasteiger partial charge in [-0.05, 0) is 43.5 Å². The van der Waals surface area contributed by atoms with Crippen LogP contribution in [-0.2, 0) is 9.53 Å². The molecule has 1 aromatic carbocycles. The molecule has 0 spiro atoms. The Kier molecular flexibility index (Phi) is 5.10.